The number of aryl methyl sites for hydroxylation is 1. The van der Waals surface area contributed by atoms with E-state index < -0.39 is 5.91 Å². The molecule has 2 amide bonds. The maximum absolute atomic E-state index is 13.5. The number of nitrogens with zero attached hydrogens (tertiary/aromatic N) is 1. The Labute approximate surface area is 198 Å². The van der Waals surface area contributed by atoms with Gasteiger partial charge in [0.1, 0.15) is 11.4 Å². The van der Waals surface area contributed by atoms with Crippen molar-refractivity contribution in [3.63, 3.8) is 0 Å². The van der Waals surface area contributed by atoms with Crippen LogP contribution >= 0.6 is 11.6 Å². The molecule has 3 aromatic carbocycles. The van der Waals surface area contributed by atoms with Crippen molar-refractivity contribution in [2.45, 2.75) is 26.7 Å². The third-order valence-electron chi connectivity index (χ3n) is 5.40. The van der Waals surface area contributed by atoms with E-state index in [1.807, 2.05) is 43.3 Å². The Morgan fingerprint density at radius 3 is 2.30 bits per heavy atom. The van der Waals surface area contributed by atoms with Gasteiger partial charge >= 0.3 is 0 Å². The van der Waals surface area contributed by atoms with Crippen LogP contribution < -0.4 is 15.0 Å². The topological polar surface area (TPSA) is 58.6 Å². The minimum Gasteiger partial charge on any atom is -0.494 e. The molecule has 4 rings (SSSR count). The highest BCUT2D eigenvalue weighted by atomic mass is 35.5. The molecule has 6 heteroatoms. The molecule has 0 fully saturated rings. The van der Waals surface area contributed by atoms with Gasteiger partial charge in [-0.05, 0) is 60.4 Å². The van der Waals surface area contributed by atoms with Crippen LogP contribution in [0, 0.1) is 0 Å². The molecule has 0 radical (unpaired) electrons. The number of carbonyl (C=O) groups is 2. The Balaban J connectivity index is 1.74. The fraction of sp³-hybridized carbons (Fsp3) is 0.185. The van der Waals surface area contributed by atoms with Crippen LogP contribution in [0.3, 0.4) is 0 Å². The van der Waals surface area contributed by atoms with Crippen LogP contribution in [0.1, 0.15) is 31.4 Å². The number of ether oxygens (including phenoxy) is 1. The lowest BCUT2D eigenvalue weighted by atomic mass is 10.0. The predicted molar refractivity (Wildman–Crippen MR) is 133 cm³/mol. The number of nitrogens with one attached hydrogen (secondary N) is 1. The van der Waals surface area contributed by atoms with Crippen molar-refractivity contribution < 1.29 is 14.3 Å². The van der Waals surface area contributed by atoms with E-state index in [4.69, 9.17) is 16.3 Å². The third-order valence-corrected chi connectivity index (χ3v) is 5.65. The minimum absolute atomic E-state index is 0.217. The Hall–Kier alpha value is -3.57. The van der Waals surface area contributed by atoms with Crippen LogP contribution in [0.5, 0.6) is 5.75 Å². The molecule has 0 bridgehead atoms. The molecule has 0 saturated carbocycles. The van der Waals surface area contributed by atoms with E-state index in [2.05, 4.69) is 12.2 Å². The van der Waals surface area contributed by atoms with E-state index >= 15 is 0 Å². The van der Waals surface area contributed by atoms with Crippen molar-refractivity contribution in [2.24, 2.45) is 0 Å². The van der Waals surface area contributed by atoms with E-state index in [0.717, 1.165) is 18.4 Å². The molecule has 0 atom stereocenters. The molecule has 33 heavy (non-hydrogen) atoms. The van der Waals surface area contributed by atoms with Gasteiger partial charge in [0.2, 0.25) is 0 Å². The van der Waals surface area contributed by atoms with Crippen LogP contribution in [0.4, 0.5) is 11.4 Å². The monoisotopic (exact) mass is 460 g/mol. The van der Waals surface area contributed by atoms with Gasteiger partial charge < -0.3 is 10.1 Å². The first-order valence-electron chi connectivity index (χ1n) is 11.0. The normalized spacial score (nSPS) is 13.6. The smallest absolute Gasteiger partial charge is 0.282 e. The average molecular weight is 461 g/mol. The molecule has 1 heterocycles. The standard InChI is InChI=1S/C27H25ClN2O3/c1-3-16-33-23-7-5-6-21(17-23)29-25-24(19-10-12-20(28)13-11-19)26(31)30(27(25)32)22-14-8-18(4-2)9-15-22/h5-15,17,29H,3-4,16H2,1-2H3. The van der Waals surface area contributed by atoms with Gasteiger partial charge in [0.15, 0.2) is 0 Å². The number of hydrogen-bond donors (Lipinski definition) is 1. The van der Waals surface area contributed by atoms with Gasteiger partial charge in [-0.1, -0.05) is 55.8 Å². The summed E-state index contributed by atoms with van der Waals surface area (Å²) in [5.41, 5.74) is 3.46. The Morgan fingerprint density at radius 1 is 0.909 bits per heavy atom. The van der Waals surface area contributed by atoms with Crippen molar-refractivity contribution >= 4 is 40.4 Å². The zero-order valence-electron chi connectivity index (χ0n) is 18.6. The van der Waals surface area contributed by atoms with Crippen LogP contribution in [0.15, 0.2) is 78.5 Å². The number of anilines is 2. The zero-order valence-corrected chi connectivity index (χ0v) is 19.4. The molecule has 5 nitrogen and oxygen atoms in total. The van der Waals surface area contributed by atoms with Crippen molar-refractivity contribution in [3.05, 3.63) is 94.6 Å². The van der Waals surface area contributed by atoms with Gasteiger partial charge in [-0.3, -0.25) is 9.59 Å². The molecule has 1 aliphatic heterocycles. The zero-order chi connectivity index (χ0) is 23.4. The molecule has 0 unspecified atom stereocenters. The summed E-state index contributed by atoms with van der Waals surface area (Å²) in [7, 11) is 0. The lowest BCUT2D eigenvalue weighted by Gasteiger charge is -2.16. The van der Waals surface area contributed by atoms with E-state index in [-0.39, 0.29) is 11.6 Å². The molecule has 0 spiro atoms. The maximum atomic E-state index is 13.5. The summed E-state index contributed by atoms with van der Waals surface area (Å²) < 4.78 is 5.71. The van der Waals surface area contributed by atoms with Crippen LogP contribution in [0.25, 0.3) is 5.57 Å². The Kier molecular flexibility index (Phi) is 6.80. The number of benzene rings is 3. The molecule has 0 aromatic heterocycles. The van der Waals surface area contributed by atoms with Gasteiger partial charge in [-0.25, -0.2) is 4.90 Å². The van der Waals surface area contributed by atoms with Crippen molar-refractivity contribution in [1.29, 1.82) is 0 Å². The van der Waals surface area contributed by atoms with Gasteiger partial charge in [-0.2, -0.15) is 0 Å². The summed E-state index contributed by atoms with van der Waals surface area (Å²) in [4.78, 5) is 28.2. The van der Waals surface area contributed by atoms with Gasteiger partial charge in [0, 0.05) is 16.8 Å². The lowest BCUT2D eigenvalue weighted by Crippen LogP contribution is -2.32. The second-order valence-electron chi connectivity index (χ2n) is 7.72. The largest absolute Gasteiger partial charge is 0.494 e. The number of halogens is 1. The highest BCUT2D eigenvalue weighted by molar-refractivity contribution is 6.46. The molecule has 168 valence electrons. The third kappa shape index (κ3) is 4.78. The molecular weight excluding hydrogens is 436 g/mol. The number of rotatable bonds is 8. The Morgan fingerprint density at radius 2 is 1.64 bits per heavy atom. The minimum atomic E-state index is -0.408. The van der Waals surface area contributed by atoms with Crippen molar-refractivity contribution in [1.82, 2.24) is 0 Å². The summed E-state index contributed by atoms with van der Waals surface area (Å²) in [6.45, 7) is 4.69. The Bertz CT molecular complexity index is 1200. The second kappa shape index (κ2) is 9.92. The molecule has 3 aromatic rings. The van der Waals surface area contributed by atoms with Gasteiger partial charge in [0.25, 0.3) is 11.8 Å². The highest BCUT2D eigenvalue weighted by Crippen LogP contribution is 2.34. The average Bonchev–Trinajstić information content (AvgIpc) is 3.08. The first-order chi connectivity index (χ1) is 16.0. The second-order valence-corrected chi connectivity index (χ2v) is 8.16. The first kappa shape index (κ1) is 22.6. The highest BCUT2D eigenvalue weighted by Gasteiger charge is 2.40. The summed E-state index contributed by atoms with van der Waals surface area (Å²) in [6.07, 6.45) is 1.77. The molecule has 0 saturated heterocycles. The lowest BCUT2D eigenvalue weighted by molar-refractivity contribution is -0.120. The summed E-state index contributed by atoms with van der Waals surface area (Å²) >= 11 is 6.05. The van der Waals surface area contributed by atoms with Crippen LogP contribution in [-0.2, 0) is 16.0 Å². The first-order valence-corrected chi connectivity index (χ1v) is 11.4. The number of imide groups is 1. The van der Waals surface area contributed by atoms with Gasteiger partial charge in [-0.15, -0.1) is 0 Å². The fourth-order valence-corrected chi connectivity index (χ4v) is 3.80. The quantitative estimate of drug-likeness (QED) is 0.413. The van der Waals surface area contributed by atoms with E-state index in [1.54, 1.807) is 36.4 Å². The maximum Gasteiger partial charge on any atom is 0.282 e. The predicted octanol–water partition coefficient (Wildman–Crippen LogP) is 6.09. The van der Waals surface area contributed by atoms with Crippen molar-refractivity contribution in [3.8, 4) is 5.75 Å². The van der Waals surface area contributed by atoms with Gasteiger partial charge in [0.05, 0.1) is 17.9 Å². The fourth-order valence-electron chi connectivity index (χ4n) is 3.67. The number of carbonyl (C=O) groups excluding carboxylic acids is 2. The summed E-state index contributed by atoms with van der Waals surface area (Å²) in [5.74, 6) is -0.0965. The summed E-state index contributed by atoms with van der Waals surface area (Å²) in [5, 5.41) is 3.73. The molecule has 1 N–H and O–H groups in total. The van der Waals surface area contributed by atoms with Crippen molar-refractivity contribution in [2.75, 3.05) is 16.8 Å². The number of amides is 2. The van der Waals surface area contributed by atoms with E-state index in [9.17, 15) is 9.59 Å². The molecule has 0 aliphatic carbocycles. The van der Waals surface area contributed by atoms with Crippen LogP contribution in [-0.4, -0.2) is 18.4 Å². The molecule has 1 aliphatic rings. The number of hydrogen-bond acceptors (Lipinski definition) is 4. The van der Waals surface area contributed by atoms with Crippen LogP contribution in [0.2, 0.25) is 5.02 Å². The molecular formula is C27H25ClN2O3. The van der Waals surface area contributed by atoms with E-state index in [1.165, 1.54) is 4.90 Å². The SMILES string of the molecule is CCCOc1cccc(NC2=C(c3ccc(Cl)cc3)C(=O)N(c3ccc(CC)cc3)C2=O)c1. The summed E-state index contributed by atoms with van der Waals surface area (Å²) in [6, 6.07) is 21.7. The van der Waals surface area contributed by atoms with E-state index in [0.29, 0.717) is 39.9 Å².